The summed E-state index contributed by atoms with van der Waals surface area (Å²) in [5, 5.41) is 16.6. The maximum Gasteiger partial charge on any atom is 0.191 e. The largest absolute Gasteiger partial charge is 0.389 e. The summed E-state index contributed by atoms with van der Waals surface area (Å²) in [6.45, 7) is 6.12. The summed E-state index contributed by atoms with van der Waals surface area (Å²) >= 11 is 0. The fraction of sp³-hybridized carbons (Fsp3) is 0.947. The lowest BCUT2D eigenvalue weighted by Gasteiger charge is -2.27. The van der Waals surface area contributed by atoms with Crippen molar-refractivity contribution >= 4 is 5.96 Å². The molecule has 0 aliphatic heterocycles. The van der Waals surface area contributed by atoms with Gasteiger partial charge in [0.05, 0.1) is 12.7 Å². The van der Waals surface area contributed by atoms with E-state index in [9.17, 15) is 5.11 Å². The summed E-state index contributed by atoms with van der Waals surface area (Å²) in [5.74, 6) is 1.51. The molecule has 3 N–H and O–H groups in total. The molecule has 2 aliphatic rings. The summed E-state index contributed by atoms with van der Waals surface area (Å²) < 4.78 is 10.8. The Balaban J connectivity index is 1.75. The van der Waals surface area contributed by atoms with Crippen molar-refractivity contribution in [2.45, 2.75) is 58.0 Å². The molecule has 0 aromatic heterocycles. The lowest BCUT2D eigenvalue weighted by atomic mass is 9.83. The Morgan fingerprint density at radius 2 is 2.04 bits per heavy atom. The van der Waals surface area contributed by atoms with Gasteiger partial charge in [0.1, 0.15) is 0 Å². The van der Waals surface area contributed by atoms with Crippen LogP contribution in [0.1, 0.15) is 51.9 Å². The van der Waals surface area contributed by atoms with Gasteiger partial charge in [-0.25, -0.2) is 0 Å². The predicted octanol–water partition coefficient (Wildman–Crippen LogP) is 1.93. The minimum Gasteiger partial charge on any atom is -0.389 e. The van der Waals surface area contributed by atoms with Crippen LogP contribution in [-0.4, -0.2) is 63.7 Å². The van der Waals surface area contributed by atoms with E-state index < -0.39 is 6.10 Å². The fourth-order valence-electron chi connectivity index (χ4n) is 3.45. The van der Waals surface area contributed by atoms with Gasteiger partial charge in [0.2, 0.25) is 0 Å². The number of hydrogen-bond donors (Lipinski definition) is 3. The Hall–Kier alpha value is -0.850. The lowest BCUT2D eigenvalue weighted by Crippen LogP contribution is -2.43. The van der Waals surface area contributed by atoms with Crippen molar-refractivity contribution in [3.8, 4) is 0 Å². The molecule has 0 aromatic carbocycles. The van der Waals surface area contributed by atoms with Gasteiger partial charge in [-0.15, -0.1) is 0 Å². The SMILES string of the molecule is CCNC(=NCC1(CCOC)CCCC1)NCC(O)COCC1CC1. The minimum atomic E-state index is -0.503. The van der Waals surface area contributed by atoms with Crippen molar-refractivity contribution in [1.82, 2.24) is 10.6 Å². The third-order valence-electron chi connectivity index (χ3n) is 5.28. The molecule has 2 aliphatic carbocycles. The van der Waals surface area contributed by atoms with Crippen LogP contribution in [0.25, 0.3) is 0 Å². The van der Waals surface area contributed by atoms with E-state index in [1.807, 2.05) is 0 Å². The molecule has 0 saturated heterocycles. The molecule has 146 valence electrons. The van der Waals surface area contributed by atoms with Crippen LogP contribution in [0.2, 0.25) is 0 Å². The van der Waals surface area contributed by atoms with E-state index in [1.165, 1.54) is 38.5 Å². The number of nitrogens with zero attached hydrogens (tertiary/aromatic N) is 1. The molecule has 0 bridgehead atoms. The molecule has 6 nitrogen and oxygen atoms in total. The maximum atomic E-state index is 10.1. The average molecular weight is 356 g/mol. The Morgan fingerprint density at radius 1 is 1.28 bits per heavy atom. The maximum absolute atomic E-state index is 10.1. The molecule has 1 unspecified atom stereocenters. The molecule has 0 amide bonds. The highest BCUT2D eigenvalue weighted by Crippen LogP contribution is 2.41. The Kier molecular flexibility index (Phi) is 8.99. The van der Waals surface area contributed by atoms with Crippen molar-refractivity contribution in [1.29, 1.82) is 0 Å². The first-order chi connectivity index (χ1) is 12.2. The zero-order chi connectivity index (χ0) is 18.0. The van der Waals surface area contributed by atoms with Gasteiger partial charge in [-0.3, -0.25) is 4.99 Å². The van der Waals surface area contributed by atoms with Gasteiger partial charge in [-0.05, 0) is 50.4 Å². The van der Waals surface area contributed by atoms with E-state index in [1.54, 1.807) is 7.11 Å². The van der Waals surface area contributed by atoms with Crippen molar-refractivity contribution < 1.29 is 14.6 Å². The first kappa shape index (κ1) is 20.5. The van der Waals surface area contributed by atoms with Crippen molar-refractivity contribution in [3.63, 3.8) is 0 Å². The van der Waals surface area contributed by atoms with Crippen molar-refractivity contribution in [3.05, 3.63) is 0 Å². The monoisotopic (exact) mass is 355 g/mol. The third kappa shape index (κ3) is 7.92. The molecule has 2 fully saturated rings. The first-order valence-corrected chi connectivity index (χ1v) is 9.94. The molecule has 0 aromatic rings. The summed E-state index contributed by atoms with van der Waals surface area (Å²) in [7, 11) is 1.77. The van der Waals surface area contributed by atoms with Crippen LogP contribution >= 0.6 is 0 Å². The lowest BCUT2D eigenvalue weighted by molar-refractivity contribution is 0.0345. The number of aliphatic hydroxyl groups is 1. The second-order valence-corrected chi connectivity index (χ2v) is 7.66. The minimum absolute atomic E-state index is 0.282. The van der Waals surface area contributed by atoms with E-state index in [0.29, 0.717) is 13.2 Å². The van der Waals surface area contributed by atoms with Gasteiger partial charge in [0.15, 0.2) is 5.96 Å². The fourth-order valence-corrected chi connectivity index (χ4v) is 3.45. The summed E-state index contributed by atoms with van der Waals surface area (Å²) in [6.07, 6.45) is 8.17. The first-order valence-electron chi connectivity index (χ1n) is 9.94. The summed E-state index contributed by atoms with van der Waals surface area (Å²) in [5.41, 5.74) is 0.282. The molecule has 6 heteroatoms. The summed E-state index contributed by atoms with van der Waals surface area (Å²) in [6, 6.07) is 0. The highest BCUT2D eigenvalue weighted by Gasteiger charge is 2.33. The van der Waals surface area contributed by atoms with E-state index in [-0.39, 0.29) is 5.41 Å². The summed E-state index contributed by atoms with van der Waals surface area (Å²) in [4.78, 5) is 4.80. The molecule has 0 heterocycles. The van der Waals surface area contributed by atoms with Crippen LogP contribution in [0, 0.1) is 11.3 Å². The number of rotatable bonds is 12. The second kappa shape index (κ2) is 11.0. The van der Waals surface area contributed by atoms with Gasteiger partial charge >= 0.3 is 0 Å². The normalized spacial score (nSPS) is 21.3. The smallest absolute Gasteiger partial charge is 0.191 e. The molecule has 25 heavy (non-hydrogen) atoms. The van der Waals surface area contributed by atoms with E-state index >= 15 is 0 Å². The number of nitrogens with one attached hydrogen (secondary N) is 2. The van der Waals surface area contributed by atoms with Crippen LogP contribution in [0.3, 0.4) is 0 Å². The van der Waals surface area contributed by atoms with Gasteiger partial charge < -0.3 is 25.2 Å². The third-order valence-corrected chi connectivity index (χ3v) is 5.28. The van der Waals surface area contributed by atoms with Crippen LogP contribution in [0.5, 0.6) is 0 Å². The van der Waals surface area contributed by atoms with Gasteiger partial charge in [0, 0.05) is 40.0 Å². The molecule has 2 saturated carbocycles. The number of guanidine groups is 1. The molecular formula is C19H37N3O3. The Labute approximate surface area is 152 Å². The van der Waals surface area contributed by atoms with Gasteiger partial charge in [0.25, 0.3) is 0 Å². The van der Waals surface area contributed by atoms with E-state index in [2.05, 4.69) is 17.6 Å². The van der Waals surface area contributed by atoms with Gasteiger partial charge in [-0.2, -0.15) is 0 Å². The number of aliphatic hydroxyl groups excluding tert-OH is 1. The molecule has 2 rings (SSSR count). The van der Waals surface area contributed by atoms with Crippen LogP contribution < -0.4 is 10.6 Å². The number of ether oxygens (including phenoxy) is 2. The molecule has 0 radical (unpaired) electrons. The highest BCUT2D eigenvalue weighted by molar-refractivity contribution is 5.79. The number of hydrogen-bond acceptors (Lipinski definition) is 4. The van der Waals surface area contributed by atoms with Crippen molar-refractivity contribution in [2.24, 2.45) is 16.3 Å². The molecule has 0 spiro atoms. The average Bonchev–Trinajstić information content (AvgIpc) is 3.32. The molecule has 1 atom stereocenters. The van der Waals surface area contributed by atoms with E-state index in [4.69, 9.17) is 14.5 Å². The zero-order valence-corrected chi connectivity index (χ0v) is 16.1. The molecular weight excluding hydrogens is 318 g/mol. The Morgan fingerprint density at radius 3 is 2.68 bits per heavy atom. The topological polar surface area (TPSA) is 75.1 Å². The van der Waals surface area contributed by atoms with Gasteiger partial charge in [-0.1, -0.05) is 12.8 Å². The quantitative estimate of drug-likeness (QED) is 0.368. The number of aliphatic imine (C=N–C) groups is 1. The predicted molar refractivity (Wildman–Crippen MR) is 101 cm³/mol. The number of methoxy groups -OCH3 is 1. The van der Waals surface area contributed by atoms with Crippen molar-refractivity contribution in [2.75, 3.05) is 46.6 Å². The Bertz CT molecular complexity index is 393. The zero-order valence-electron chi connectivity index (χ0n) is 16.1. The van der Waals surface area contributed by atoms with Crippen LogP contribution in [0.15, 0.2) is 4.99 Å². The standard InChI is InChI=1S/C19H37N3O3/c1-3-20-18(21-12-17(23)14-25-13-16-6-7-16)22-15-19(10-11-24-2)8-4-5-9-19/h16-17,23H,3-15H2,1-2H3,(H2,20,21,22). The van der Waals surface area contributed by atoms with Crippen LogP contribution in [-0.2, 0) is 9.47 Å². The second-order valence-electron chi connectivity index (χ2n) is 7.66. The highest BCUT2D eigenvalue weighted by atomic mass is 16.5. The van der Waals surface area contributed by atoms with Crippen LogP contribution in [0.4, 0.5) is 0 Å². The van der Waals surface area contributed by atoms with E-state index in [0.717, 1.165) is 44.6 Å².